The van der Waals surface area contributed by atoms with E-state index in [0.717, 1.165) is 12.1 Å². The highest BCUT2D eigenvalue weighted by Crippen LogP contribution is 2.31. The number of rotatable bonds is 4. The van der Waals surface area contributed by atoms with Crippen LogP contribution in [-0.4, -0.2) is 48.2 Å². The van der Waals surface area contributed by atoms with Crippen LogP contribution in [0.25, 0.3) is 0 Å². The minimum absolute atomic E-state index is 0.0387. The van der Waals surface area contributed by atoms with Crippen molar-refractivity contribution in [3.63, 3.8) is 0 Å². The van der Waals surface area contributed by atoms with Crippen LogP contribution in [0.3, 0.4) is 0 Å². The molecule has 1 saturated heterocycles. The first kappa shape index (κ1) is 19.6. The monoisotopic (exact) mass is 444 g/mol. The number of halogens is 4. The topological polar surface area (TPSA) is 51.7 Å². The zero-order valence-corrected chi connectivity index (χ0v) is 15.7. The van der Waals surface area contributed by atoms with Gasteiger partial charge in [-0.1, -0.05) is 12.1 Å². The summed E-state index contributed by atoms with van der Waals surface area (Å²) in [7, 11) is 0. The van der Waals surface area contributed by atoms with Crippen molar-refractivity contribution in [2.75, 3.05) is 26.3 Å². The standard InChI is InChI=1S/C18H16BrF3N2O3/c19-16-6-2-5-15(23-16)17(25)24-7-8-26-14(10-24)11-27-13-4-1-3-12(9-13)18(20,21)22/h1-6,9,14H,7-8,10-11H2. The number of pyridine rings is 1. The first-order valence-corrected chi connectivity index (χ1v) is 8.96. The second kappa shape index (κ2) is 8.26. The van der Waals surface area contributed by atoms with Gasteiger partial charge in [-0.2, -0.15) is 13.2 Å². The number of hydrogen-bond acceptors (Lipinski definition) is 4. The highest BCUT2D eigenvalue weighted by molar-refractivity contribution is 9.10. The van der Waals surface area contributed by atoms with E-state index in [0.29, 0.717) is 23.4 Å². The first-order chi connectivity index (χ1) is 12.8. The Hall–Kier alpha value is -2.13. The van der Waals surface area contributed by atoms with Gasteiger partial charge in [-0.05, 0) is 46.3 Å². The van der Waals surface area contributed by atoms with Crippen molar-refractivity contribution in [1.29, 1.82) is 0 Å². The Morgan fingerprint density at radius 3 is 2.81 bits per heavy atom. The third-order valence-corrected chi connectivity index (χ3v) is 4.40. The summed E-state index contributed by atoms with van der Waals surface area (Å²) in [5, 5.41) is 0. The Balaban J connectivity index is 1.60. The summed E-state index contributed by atoms with van der Waals surface area (Å²) in [6, 6.07) is 9.73. The third-order valence-electron chi connectivity index (χ3n) is 3.96. The maximum atomic E-state index is 12.8. The lowest BCUT2D eigenvalue weighted by Gasteiger charge is -2.32. The van der Waals surface area contributed by atoms with Gasteiger partial charge in [-0.3, -0.25) is 4.79 Å². The van der Waals surface area contributed by atoms with Crippen molar-refractivity contribution in [2.24, 2.45) is 0 Å². The van der Waals surface area contributed by atoms with E-state index < -0.39 is 17.8 Å². The fourth-order valence-electron chi connectivity index (χ4n) is 2.65. The molecule has 0 bridgehead atoms. The average molecular weight is 445 g/mol. The fraction of sp³-hybridized carbons (Fsp3) is 0.333. The molecule has 0 saturated carbocycles. The molecule has 2 heterocycles. The highest BCUT2D eigenvalue weighted by atomic mass is 79.9. The van der Waals surface area contributed by atoms with Gasteiger partial charge in [-0.25, -0.2) is 4.98 Å². The summed E-state index contributed by atoms with van der Waals surface area (Å²) in [4.78, 5) is 18.3. The van der Waals surface area contributed by atoms with Crippen LogP contribution < -0.4 is 4.74 Å². The van der Waals surface area contributed by atoms with E-state index in [1.54, 1.807) is 23.1 Å². The van der Waals surface area contributed by atoms with Crippen LogP contribution in [0.15, 0.2) is 47.1 Å². The Morgan fingerprint density at radius 1 is 1.30 bits per heavy atom. The predicted octanol–water partition coefficient (Wildman–Crippen LogP) is 3.78. The molecule has 1 aliphatic rings. The van der Waals surface area contributed by atoms with Crippen molar-refractivity contribution < 1.29 is 27.4 Å². The van der Waals surface area contributed by atoms with E-state index in [9.17, 15) is 18.0 Å². The molecule has 1 atom stereocenters. The molecule has 0 N–H and O–H groups in total. The minimum atomic E-state index is -4.43. The van der Waals surface area contributed by atoms with E-state index in [2.05, 4.69) is 20.9 Å². The number of alkyl halides is 3. The Labute approximate surface area is 162 Å². The van der Waals surface area contributed by atoms with Crippen LogP contribution >= 0.6 is 15.9 Å². The Kier molecular flexibility index (Phi) is 6.01. The van der Waals surface area contributed by atoms with E-state index >= 15 is 0 Å². The van der Waals surface area contributed by atoms with Crippen molar-refractivity contribution in [1.82, 2.24) is 9.88 Å². The Morgan fingerprint density at radius 2 is 2.07 bits per heavy atom. The molecular formula is C18H16BrF3N2O3. The number of nitrogens with zero attached hydrogens (tertiary/aromatic N) is 2. The minimum Gasteiger partial charge on any atom is -0.491 e. The number of aromatic nitrogens is 1. The maximum absolute atomic E-state index is 12.8. The van der Waals surface area contributed by atoms with Crippen LogP contribution in [0.2, 0.25) is 0 Å². The molecule has 1 aromatic heterocycles. The molecule has 0 radical (unpaired) electrons. The van der Waals surface area contributed by atoms with Gasteiger partial charge in [0.15, 0.2) is 0 Å². The molecule has 1 aromatic carbocycles. The molecule has 1 unspecified atom stereocenters. The number of morpholine rings is 1. The molecule has 5 nitrogen and oxygen atoms in total. The van der Waals surface area contributed by atoms with Gasteiger partial charge in [0.05, 0.1) is 18.7 Å². The number of benzene rings is 1. The lowest BCUT2D eigenvalue weighted by Crippen LogP contribution is -2.47. The Bertz CT molecular complexity index is 816. The van der Waals surface area contributed by atoms with Gasteiger partial charge in [-0.15, -0.1) is 0 Å². The summed E-state index contributed by atoms with van der Waals surface area (Å²) in [6.45, 7) is 1.03. The molecule has 1 fully saturated rings. The van der Waals surface area contributed by atoms with Crippen LogP contribution in [0, 0.1) is 0 Å². The van der Waals surface area contributed by atoms with Crippen LogP contribution in [0.4, 0.5) is 13.2 Å². The van der Waals surface area contributed by atoms with Gasteiger partial charge in [0.25, 0.3) is 5.91 Å². The van der Waals surface area contributed by atoms with Crippen LogP contribution in [-0.2, 0) is 10.9 Å². The maximum Gasteiger partial charge on any atom is 0.416 e. The normalized spacial score (nSPS) is 17.6. The molecular weight excluding hydrogens is 429 g/mol. The molecule has 2 aromatic rings. The summed E-state index contributed by atoms with van der Waals surface area (Å²) >= 11 is 3.23. The first-order valence-electron chi connectivity index (χ1n) is 8.16. The molecule has 144 valence electrons. The molecule has 0 spiro atoms. The van der Waals surface area contributed by atoms with Gasteiger partial charge >= 0.3 is 6.18 Å². The quantitative estimate of drug-likeness (QED) is 0.673. The fourth-order valence-corrected chi connectivity index (χ4v) is 2.99. The molecule has 1 amide bonds. The molecule has 27 heavy (non-hydrogen) atoms. The van der Waals surface area contributed by atoms with Crippen LogP contribution in [0.5, 0.6) is 5.75 Å². The molecule has 1 aliphatic heterocycles. The molecule has 9 heteroatoms. The van der Waals surface area contributed by atoms with E-state index in [-0.39, 0.29) is 24.8 Å². The van der Waals surface area contributed by atoms with Crippen molar-refractivity contribution >= 4 is 21.8 Å². The van der Waals surface area contributed by atoms with E-state index in [4.69, 9.17) is 9.47 Å². The zero-order chi connectivity index (χ0) is 19.4. The summed E-state index contributed by atoms with van der Waals surface area (Å²) in [5.41, 5.74) is -0.467. The van der Waals surface area contributed by atoms with Crippen molar-refractivity contribution in [2.45, 2.75) is 12.3 Å². The van der Waals surface area contributed by atoms with E-state index in [1.807, 2.05) is 0 Å². The number of hydrogen-bond donors (Lipinski definition) is 0. The lowest BCUT2D eigenvalue weighted by atomic mass is 10.2. The molecule has 0 aliphatic carbocycles. The van der Waals surface area contributed by atoms with Gasteiger partial charge in [0, 0.05) is 6.54 Å². The number of carbonyl (C=O) groups is 1. The summed E-state index contributed by atoms with van der Waals surface area (Å²) < 4.78 is 49.9. The summed E-state index contributed by atoms with van der Waals surface area (Å²) in [5.74, 6) is -0.130. The number of amides is 1. The second-order valence-corrected chi connectivity index (χ2v) is 6.74. The lowest BCUT2D eigenvalue weighted by molar-refractivity contribution is -0.137. The number of carbonyl (C=O) groups excluding carboxylic acids is 1. The third kappa shape index (κ3) is 5.20. The van der Waals surface area contributed by atoms with E-state index in [1.165, 1.54) is 12.1 Å². The van der Waals surface area contributed by atoms with Gasteiger partial charge in [0.1, 0.15) is 28.8 Å². The van der Waals surface area contributed by atoms with Gasteiger partial charge in [0.2, 0.25) is 0 Å². The second-order valence-electron chi connectivity index (χ2n) is 5.93. The largest absolute Gasteiger partial charge is 0.491 e. The highest BCUT2D eigenvalue weighted by Gasteiger charge is 2.31. The number of ether oxygens (including phenoxy) is 2. The van der Waals surface area contributed by atoms with Gasteiger partial charge < -0.3 is 14.4 Å². The van der Waals surface area contributed by atoms with Crippen LogP contribution in [0.1, 0.15) is 16.1 Å². The predicted molar refractivity (Wildman–Crippen MR) is 94.5 cm³/mol. The van der Waals surface area contributed by atoms with Crippen molar-refractivity contribution in [3.05, 3.63) is 58.3 Å². The molecule has 3 rings (SSSR count). The smallest absolute Gasteiger partial charge is 0.416 e. The zero-order valence-electron chi connectivity index (χ0n) is 14.1. The summed E-state index contributed by atoms with van der Waals surface area (Å²) in [6.07, 6.45) is -4.87. The SMILES string of the molecule is O=C(c1cccc(Br)n1)N1CCOC(COc2cccc(C(F)(F)F)c2)C1. The average Bonchev–Trinajstić information content (AvgIpc) is 2.65. The van der Waals surface area contributed by atoms with Crippen molar-refractivity contribution in [3.8, 4) is 5.75 Å².